The lowest BCUT2D eigenvalue weighted by Crippen LogP contribution is -2.32. The fourth-order valence-electron chi connectivity index (χ4n) is 2.64. The van der Waals surface area contributed by atoms with Crippen molar-refractivity contribution in [2.24, 2.45) is 0 Å². The molecule has 128 valence electrons. The fourth-order valence-corrected chi connectivity index (χ4v) is 2.64. The van der Waals surface area contributed by atoms with Crippen molar-refractivity contribution >= 4 is 5.91 Å². The number of amides is 1. The molecule has 2 aromatic rings. The Labute approximate surface area is 140 Å². The molecule has 1 saturated heterocycles. The molecule has 1 atom stereocenters. The summed E-state index contributed by atoms with van der Waals surface area (Å²) >= 11 is 0. The average molecular weight is 331 g/mol. The lowest BCUT2D eigenvalue weighted by molar-refractivity contribution is 0.0857. The third-order valence-corrected chi connectivity index (χ3v) is 3.91. The van der Waals surface area contributed by atoms with Crippen LogP contribution in [-0.2, 0) is 4.74 Å². The highest BCUT2D eigenvalue weighted by atomic mass is 16.5. The van der Waals surface area contributed by atoms with Gasteiger partial charge in [0.05, 0.1) is 30.2 Å². The van der Waals surface area contributed by atoms with Crippen molar-refractivity contribution in [3.63, 3.8) is 0 Å². The third-order valence-electron chi connectivity index (χ3n) is 3.91. The van der Waals surface area contributed by atoms with Crippen molar-refractivity contribution in [2.75, 3.05) is 19.8 Å². The van der Waals surface area contributed by atoms with Crippen molar-refractivity contribution < 1.29 is 14.3 Å². The summed E-state index contributed by atoms with van der Waals surface area (Å²) in [7, 11) is 0. The number of hydrogen-bond acceptors (Lipinski definition) is 6. The monoisotopic (exact) mass is 331 g/mol. The molecule has 3 rings (SSSR count). The highest BCUT2D eigenvalue weighted by molar-refractivity contribution is 5.95. The van der Waals surface area contributed by atoms with Crippen LogP contribution in [0.25, 0.3) is 5.82 Å². The van der Waals surface area contributed by atoms with Crippen LogP contribution in [0.3, 0.4) is 0 Å². The first kappa shape index (κ1) is 16.4. The van der Waals surface area contributed by atoms with Crippen LogP contribution in [0.4, 0.5) is 0 Å². The Morgan fingerprint density at radius 2 is 2.38 bits per heavy atom. The highest BCUT2D eigenvalue weighted by Crippen LogP contribution is 2.16. The molecule has 8 heteroatoms. The number of ether oxygens (including phenoxy) is 2. The van der Waals surface area contributed by atoms with Crippen LogP contribution in [0.5, 0.6) is 5.88 Å². The zero-order valence-electron chi connectivity index (χ0n) is 13.9. The predicted octanol–water partition coefficient (Wildman–Crippen LogP) is 1.28. The molecule has 0 aliphatic carbocycles. The first-order chi connectivity index (χ1) is 11.7. The Balaban J connectivity index is 1.73. The normalized spacial score (nSPS) is 17.0. The van der Waals surface area contributed by atoms with Gasteiger partial charge in [0.1, 0.15) is 6.33 Å². The summed E-state index contributed by atoms with van der Waals surface area (Å²) < 4.78 is 12.5. The Bertz CT molecular complexity index is 709. The minimum atomic E-state index is -0.159. The van der Waals surface area contributed by atoms with Gasteiger partial charge in [0, 0.05) is 19.2 Å². The van der Waals surface area contributed by atoms with E-state index in [4.69, 9.17) is 9.47 Å². The Hall–Kier alpha value is -2.48. The quantitative estimate of drug-likeness (QED) is 0.857. The number of nitrogens with one attached hydrogen (secondary N) is 1. The number of rotatable bonds is 6. The molecule has 1 aliphatic rings. The average Bonchev–Trinajstić information content (AvgIpc) is 3.23. The summed E-state index contributed by atoms with van der Waals surface area (Å²) in [6.07, 6.45) is 5.11. The minimum Gasteiger partial charge on any atom is -0.478 e. The van der Waals surface area contributed by atoms with E-state index in [1.165, 1.54) is 6.33 Å². The van der Waals surface area contributed by atoms with E-state index in [0.29, 0.717) is 36.1 Å². The molecule has 24 heavy (non-hydrogen) atoms. The van der Waals surface area contributed by atoms with Gasteiger partial charge in [-0.2, -0.15) is 5.10 Å². The van der Waals surface area contributed by atoms with E-state index in [9.17, 15) is 4.79 Å². The van der Waals surface area contributed by atoms with E-state index in [1.807, 2.05) is 13.8 Å². The number of nitrogens with zero attached hydrogens (tertiary/aromatic N) is 4. The minimum absolute atomic E-state index is 0.111. The van der Waals surface area contributed by atoms with Crippen LogP contribution in [-0.4, -0.2) is 51.5 Å². The van der Waals surface area contributed by atoms with E-state index < -0.39 is 0 Å². The third kappa shape index (κ3) is 3.53. The maximum Gasteiger partial charge on any atom is 0.254 e. The number of hydrogen-bond donors (Lipinski definition) is 1. The van der Waals surface area contributed by atoms with Gasteiger partial charge in [-0.25, -0.2) is 14.6 Å². The van der Waals surface area contributed by atoms with Gasteiger partial charge in [-0.15, -0.1) is 0 Å². The maximum atomic E-state index is 12.4. The lowest BCUT2D eigenvalue weighted by atomic mass is 10.2. The molecule has 3 heterocycles. The molecule has 1 N–H and O–H groups in total. The molecule has 1 aliphatic heterocycles. The molecule has 1 amide bonds. The molecule has 1 fully saturated rings. The van der Waals surface area contributed by atoms with Gasteiger partial charge in [-0.3, -0.25) is 4.79 Å². The Morgan fingerprint density at radius 3 is 3.12 bits per heavy atom. The van der Waals surface area contributed by atoms with Crippen LogP contribution in [0.15, 0.2) is 18.6 Å². The van der Waals surface area contributed by atoms with E-state index in [0.717, 1.165) is 19.4 Å². The molecule has 0 saturated carbocycles. The summed E-state index contributed by atoms with van der Waals surface area (Å²) in [6.45, 7) is 5.53. The summed E-state index contributed by atoms with van der Waals surface area (Å²) in [4.78, 5) is 20.6. The van der Waals surface area contributed by atoms with E-state index in [-0.39, 0.29) is 12.0 Å². The summed E-state index contributed by atoms with van der Waals surface area (Å²) in [6, 6.07) is 1.69. The molecule has 0 bridgehead atoms. The first-order valence-corrected chi connectivity index (χ1v) is 8.08. The summed E-state index contributed by atoms with van der Waals surface area (Å²) in [5, 5.41) is 7.17. The first-order valence-electron chi connectivity index (χ1n) is 8.08. The second-order valence-corrected chi connectivity index (χ2v) is 5.55. The second kappa shape index (κ2) is 7.39. The zero-order valence-corrected chi connectivity index (χ0v) is 13.9. The van der Waals surface area contributed by atoms with Gasteiger partial charge < -0.3 is 14.8 Å². The summed E-state index contributed by atoms with van der Waals surface area (Å²) in [5.74, 6) is 0.874. The molecule has 0 aromatic carbocycles. The van der Waals surface area contributed by atoms with E-state index >= 15 is 0 Å². The molecular formula is C16H21N5O3. The Kier molecular flexibility index (Phi) is 5.05. The van der Waals surface area contributed by atoms with Crippen molar-refractivity contribution in [3.8, 4) is 11.7 Å². The molecule has 0 radical (unpaired) electrons. The predicted molar refractivity (Wildman–Crippen MR) is 86.4 cm³/mol. The SMILES string of the molecule is CCOc1cc(-n2ncc(C(=O)NCC3CCCO3)c2C)ncn1. The van der Waals surface area contributed by atoms with Crippen molar-refractivity contribution in [1.82, 2.24) is 25.1 Å². The van der Waals surface area contributed by atoms with Crippen LogP contribution >= 0.6 is 0 Å². The molecule has 2 aromatic heterocycles. The molecule has 0 spiro atoms. The van der Waals surface area contributed by atoms with Gasteiger partial charge in [0.15, 0.2) is 5.82 Å². The zero-order chi connectivity index (χ0) is 16.9. The smallest absolute Gasteiger partial charge is 0.254 e. The van der Waals surface area contributed by atoms with Gasteiger partial charge in [-0.05, 0) is 26.7 Å². The van der Waals surface area contributed by atoms with Gasteiger partial charge >= 0.3 is 0 Å². The molecule has 1 unspecified atom stereocenters. The lowest BCUT2D eigenvalue weighted by Gasteiger charge is -2.10. The van der Waals surface area contributed by atoms with Crippen molar-refractivity contribution in [1.29, 1.82) is 0 Å². The Morgan fingerprint density at radius 1 is 1.50 bits per heavy atom. The van der Waals surface area contributed by atoms with Crippen molar-refractivity contribution in [2.45, 2.75) is 32.8 Å². The van der Waals surface area contributed by atoms with E-state index in [2.05, 4.69) is 20.4 Å². The highest BCUT2D eigenvalue weighted by Gasteiger charge is 2.19. The van der Waals surface area contributed by atoms with Gasteiger partial charge in [0.25, 0.3) is 5.91 Å². The number of aromatic nitrogens is 4. The largest absolute Gasteiger partial charge is 0.478 e. The van der Waals surface area contributed by atoms with Crippen LogP contribution in [0.2, 0.25) is 0 Å². The maximum absolute atomic E-state index is 12.4. The molecule has 8 nitrogen and oxygen atoms in total. The second-order valence-electron chi connectivity index (χ2n) is 5.55. The number of carbonyl (C=O) groups excluding carboxylic acids is 1. The van der Waals surface area contributed by atoms with Gasteiger partial charge in [0.2, 0.25) is 5.88 Å². The standard InChI is InChI=1S/C16H21N5O3/c1-3-23-15-7-14(18-10-19-15)21-11(2)13(9-20-21)16(22)17-8-12-5-4-6-24-12/h7,9-10,12H,3-6,8H2,1-2H3,(H,17,22). The summed E-state index contributed by atoms with van der Waals surface area (Å²) in [5.41, 5.74) is 1.23. The van der Waals surface area contributed by atoms with Crippen LogP contribution in [0.1, 0.15) is 35.8 Å². The van der Waals surface area contributed by atoms with E-state index in [1.54, 1.807) is 16.9 Å². The topological polar surface area (TPSA) is 91.2 Å². The van der Waals surface area contributed by atoms with Gasteiger partial charge in [-0.1, -0.05) is 0 Å². The van der Waals surface area contributed by atoms with Crippen molar-refractivity contribution in [3.05, 3.63) is 29.8 Å². The fraction of sp³-hybridized carbons (Fsp3) is 0.500. The van der Waals surface area contributed by atoms with Crippen LogP contribution in [0, 0.1) is 6.92 Å². The van der Waals surface area contributed by atoms with Crippen LogP contribution < -0.4 is 10.1 Å². The number of carbonyl (C=O) groups is 1. The molecular weight excluding hydrogens is 310 g/mol.